The number of allylic oxidation sites excluding steroid dienone is 2. The Labute approximate surface area is 229 Å². The Morgan fingerprint density at radius 1 is 0.622 bits per heavy atom. The summed E-state index contributed by atoms with van der Waals surface area (Å²) in [6.07, 6.45) is 7.59. The van der Waals surface area contributed by atoms with Crippen LogP contribution in [0.2, 0.25) is 12.1 Å². The van der Waals surface area contributed by atoms with Gasteiger partial charge in [-0.25, -0.2) is 0 Å². The first-order valence-electron chi connectivity index (χ1n) is 15.2. The van der Waals surface area contributed by atoms with Gasteiger partial charge >= 0.3 is 0 Å². The molecule has 0 aliphatic heterocycles. The Balaban J connectivity index is 2.11. The van der Waals surface area contributed by atoms with Crippen LogP contribution >= 0.6 is 0 Å². The van der Waals surface area contributed by atoms with E-state index in [9.17, 15) is 0 Å². The van der Waals surface area contributed by atoms with Gasteiger partial charge in [0.15, 0.2) is 0 Å². The molecule has 2 aliphatic rings. The maximum absolute atomic E-state index is 2.50. The van der Waals surface area contributed by atoms with Crippen molar-refractivity contribution in [1.29, 1.82) is 0 Å². The van der Waals surface area contributed by atoms with Crippen molar-refractivity contribution in [3.05, 3.63) is 79.9 Å². The van der Waals surface area contributed by atoms with Gasteiger partial charge in [0.25, 0.3) is 0 Å². The maximum Gasteiger partial charge on any atom is 0.119 e. The number of hydrogen-bond acceptors (Lipinski definition) is 0. The molecule has 0 nitrogen and oxygen atoms in total. The second kappa shape index (κ2) is 11.1. The Bertz CT molecular complexity index is 1140. The number of unbranched alkanes of at least 4 members (excludes halogenated alkanes) is 2. The molecule has 0 saturated carbocycles. The van der Waals surface area contributed by atoms with Crippen molar-refractivity contribution in [2.24, 2.45) is 0 Å². The first kappa shape index (κ1) is 28.2. The van der Waals surface area contributed by atoms with Crippen LogP contribution in [0.25, 0.3) is 10.4 Å². The van der Waals surface area contributed by atoms with E-state index in [0.717, 1.165) is 12.8 Å². The van der Waals surface area contributed by atoms with E-state index in [4.69, 9.17) is 0 Å². The third kappa shape index (κ3) is 4.75. The maximum atomic E-state index is 2.50. The molecule has 200 valence electrons. The molecule has 0 atom stereocenters. The van der Waals surface area contributed by atoms with E-state index >= 15 is 0 Å². The highest BCUT2D eigenvalue weighted by Crippen LogP contribution is 2.56. The van der Waals surface area contributed by atoms with Crippen LogP contribution < -0.4 is 0 Å². The zero-order chi connectivity index (χ0) is 27.1. The summed E-state index contributed by atoms with van der Waals surface area (Å²) < 4.78 is 0. The molecule has 4 rings (SSSR count). The number of benzene rings is 2. The Hall–Kier alpha value is -1.86. The summed E-state index contributed by atoms with van der Waals surface area (Å²) in [5.74, 6) is 1.11. The standard InChI is InChI=1S/C36H52Si/c1-11-13-19-37(20-14-12-2,35-27(9)21-31-25(7)15-17-29(23(3)4)33(31)35)36-28(10)22-32-26(8)16-18-30(24(5)6)34(32)36/h15-18,23-24H,11-14,19-22H2,1-10H3. The number of rotatable bonds is 10. The fourth-order valence-corrected chi connectivity index (χ4v) is 14.5. The molecule has 0 spiro atoms. The molecule has 0 amide bonds. The number of aryl methyl sites for hydroxylation is 2. The van der Waals surface area contributed by atoms with Crippen molar-refractivity contribution in [2.75, 3.05) is 0 Å². The minimum atomic E-state index is -2.04. The smallest absolute Gasteiger partial charge is 0.0686 e. The highest BCUT2D eigenvalue weighted by Gasteiger charge is 2.48. The molecular weight excluding hydrogens is 460 g/mol. The largest absolute Gasteiger partial charge is 0.119 e. The highest BCUT2D eigenvalue weighted by molar-refractivity contribution is 7.10. The van der Waals surface area contributed by atoms with Gasteiger partial charge in [-0.15, -0.1) is 0 Å². The van der Waals surface area contributed by atoms with Crippen molar-refractivity contribution in [1.82, 2.24) is 0 Å². The Morgan fingerprint density at radius 2 is 1.00 bits per heavy atom. The predicted molar refractivity (Wildman–Crippen MR) is 168 cm³/mol. The van der Waals surface area contributed by atoms with Crippen LogP contribution in [0, 0.1) is 13.8 Å². The Kier molecular flexibility index (Phi) is 8.44. The molecule has 0 aromatic heterocycles. The Morgan fingerprint density at radius 3 is 1.32 bits per heavy atom. The van der Waals surface area contributed by atoms with Crippen LogP contribution in [0.3, 0.4) is 0 Å². The molecule has 0 heterocycles. The lowest BCUT2D eigenvalue weighted by molar-refractivity contribution is 0.836. The SMILES string of the molecule is CCCC[Si](CCCC)(C1=C(C)Cc2c(C)ccc(C(C)C)c21)C1=C(C)Cc2c(C)ccc(C(C)C)c21. The molecule has 0 fully saturated rings. The van der Waals surface area contributed by atoms with Gasteiger partial charge in [0.1, 0.15) is 8.07 Å². The summed E-state index contributed by atoms with van der Waals surface area (Å²) in [5.41, 5.74) is 16.3. The third-order valence-corrected chi connectivity index (χ3v) is 15.2. The number of fused-ring (bicyclic) bond motifs is 2. The van der Waals surface area contributed by atoms with Crippen LogP contribution in [0.5, 0.6) is 0 Å². The number of hydrogen-bond donors (Lipinski definition) is 0. The minimum absolute atomic E-state index is 0.554. The van der Waals surface area contributed by atoms with Crippen LogP contribution in [-0.4, -0.2) is 8.07 Å². The fourth-order valence-electron chi connectivity index (χ4n) is 7.69. The van der Waals surface area contributed by atoms with Gasteiger partial charge in [-0.1, -0.05) is 103 Å². The third-order valence-electron chi connectivity index (χ3n) is 9.51. The van der Waals surface area contributed by atoms with E-state index in [1.165, 1.54) is 48.9 Å². The lowest BCUT2D eigenvalue weighted by atomic mass is 9.92. The van der Waals surface area contributed by atoms with Crippen molar-refractivity contribution in [2.45, 2.75) is 132 Å². The van der Waals surface area contributed by atoms with Gasteiger partial charge in [0.2, 0.25) is 0 Å². The van der Waals surface area contributed by atoms with E-state index in [-0.39, 0.29) is 0 Å². The summed E-state index contributed by atoms with van der Waals surface area (Å²) in [5, 5.41) is 3.71. The van der Waals surface area contributed by atoms with Gasteiger partial charge < -0.3 is 0 Å². The topological polar surface area (TPSA) is 0 Å². The molecule has 0 N–H and O–H groups in total. The molecule has 1 heteroatoms. The molecule has 37 heavy (non-hydrogen) atoms. The first-order chi connectivity index (χ1) is 17.6. The van der Waals surface area contributed by atoms with Crippen LogP contribution in [-0.2, 0) is 12.8 Å². The van der Waals surface area contributed by atoms with Crippen molar-refractivity contribution in [3.63, 3.8) is 0 Å². The summed E-state index contributed by atoms with van der Waals surface area (Å²) in [6, 6.07) is 12.6. The van der Waals surface area contributed by atoms with E-state index < -0.39 is 8.07 Å². The van der Waals surface area contributed by atoms with Gasteiger partial charge in [0.05, 0.1) is 0 Å². The molecule has 2 aromatic carbocycles. The normalized spacial score (nSPS) is 15.5. The zero-order valence-electron chi connectivity index (χ0n) is 25.6. The van der Waals surface area contributed by atoms with Gasteiger partial charge in [-0.2, -0.15) is 0 Å². The molecule has 0 unspecified atom stereocenters. The quantitative estimate of drug-likeness (QED) is 0.278. The van der Waals surface area contributed by atoms with Crippen LogP contribution in [0.4, 0.5) is 0 Å². The molecule has 2 aromatic rings. The summed E-state index contributed by atoms with van der Waals surface area (Å²) in [7, 11) is -2.04. The highest BCUT2D eigenvalue weighted by atomic mass is 28.3. The molecular formula is C36H52Si. The fraction of sp³-hybridized carbons (Fsp3) is 0.556. The average molecular weight is 513 g/mol. The van der Waals surface area contributed by atoms with Crippen molar-refractivity contribution in [3.8, 4) is 0 Å². The molecule has 0 saturated heterocycles. The molecule has 2 aliphatic carbocycles. The lowest BCUT2D eigenvalue weighted by Gasteiger charge is -2.40. The average Bonchev–Trinajstić information content (AvgIpc) is 3.38. The second-order valence-electron chi connectivity index (χ2n) is 12.9. The second-order valence-corrected chi connectivity index (χ2v) is 17.1. The zero-order valence-corrected chi connectivity index (χ0v) is 26.6. The lowest BCUT2D eigenvalue weighted by Crippen LogP contribution is -2.39. The molecule has 0 radical (unpaired) electrons. The summed E-state index contributed by atoms with van der Waals surface area (Å²) in [6.45, 7) is 24.2. The van der Waals surface area contributed by atoms with Crippen LogP contribution in [0.15, 0.2) is 35.4 Å². The van der Waals surface area contributed by atoms with E-state index in [1.54, 1.807) is 44.5 Å². The van der Waals surface area contributed by atoms with Crippen molar-refractivity contribution >= 4 is 18.5 Å². The van der Waals surface area contributed by atoms with Gasteiger partial charge in [-0.05, 0) is 119 Å². The predicted octanol–water partition coefficient (Wildman–Crippen LogP) is 11.0. The minimum Gasteiger partial charge on any atom is -0.0686 e. The van der Waals surface area contributed by atoms with E-state index in [0.29, 0.717) is 11.8 Å². The molecule has 0 bridgehead atoms. The van der Waals surface area contributed by atoms with Gasteiger partial charge in [0, 0.05) is 0 Å². The van der Waals surface area contributed by atoms with E-state index in [2.05, 4.69) is 93.5 Å². The first-order valence-corrected chi connectivity index (χ1v) is 17.7. The van der Waals surface area contributed by atoms with E-state index in [1.807, 2.05) is 10.4 Å². The van der Waals surface area contributed by atoms with Gasteiger partial charge in [-0.3, -0.25) is 0 Å². The van der Waals surface area contributed by atoms with Crippen molar-refractivity contribution < 1.29 is 0 Å². The summed E-state index contributed by atoms with van der Waals surface area (Å²) in [4.78, 5) is 0. The monoisotopic (exact) mass is 512 g/mol. The van der Waals surface area contributed by atoms with Crippen LogP contribution in [0.1, 0.15) is 137 Å². The summed E-state index contributed by atoms with van der Waals surface area (Å²) >= 11 is 0.